The Kier molecular flexibility index (Phi) is 4.86. The first-order chi connectivity index (χ1) is 10.7. The van der Waals surface area contributed by atoms with Gasteiger partial charge in [-0.25, -0.2) is 9.97 Å². The number of benzene rings is 1. The zero-order chi connectivity index (χ0) is 15.5. The fourth-order valence-electron chi connectivity index (χ4n) is 2.12. The monoisotopic (exact) mass is 350 g/mol. The largest absolute Gasteiger partial charge is 0.497 e. The van der Waals surface area contributed by atoms with Crippen LogP contribution in [0.3, 0.4) is 0 Å². The molecule has 0 radical (unpaired) electrons. The topological polar surface area (TPSA) is 35.0 Å². The zero-order valence-corrected chi connectivity index (χ0v) is 14.7. The molecule has 0 aliphatic rings. The Hall–Kier alpha value is -1.30. The standard InChI is InChI=1S/C16H15ClN2OS2/c1-3-8-21-16-18-14(17)13-12(9-22-15(13)19-16)10-4-6-11(20-2)7-5-10/h4-7,9H,3,8H2,1-2H3. The molecule has 6 heteroatoms. The SMILES string of the molecule is CCCSc1nc(Cl)c2c(-c3ccc(OC)cc3)csc2n1. The van der Waals surface area contributed by atoms with Crippen LogP contribution in [-0.2, 0) is 0 Å². The van der Waals surface area contributed by atoms with Gasteiger partial charge in [0.05, 0.1) is 12.5 Å². The van der Waals surface area contributed by atoms with Crippen molar-refractivity contribution in [1.29, 1.82) is 0 Å². The minimum atomic E-state index is 0.524. The van der Waals surface area contributed by atoms with Gasteiger partial charge < -0.3 is 4.74 Å². The average molecular weight is 351 g/mol. The number of halogens is 1. The molecule has 3 aromatic rings. The van der Waals surface area contributed by atoms with Gasteiger partial charge >= 0.3 is 0 Å². The van der Waals surface area contributed by atoms with E-state index in [4.69, 9.17) is 16.3 Å². The van der Waals surface area contributed by atoms with Crippen molar-refractivity contribution in [1.82, 2.24) is 9.97 Å². The maximum Gasteiger partial charge on any atom is 0.190 e. The summed E-state index contributed by atoms with van der Waals surface area (Å²) in [5.41, 5.74) is 2.16. The first-order valence-corrected chi connectivity index (χ1v) is 9.19. The molecule has 2 aromatic heterocycles. The van der Waals surface area contributed by atoms with Crippen molar-refractivity contribution in [2.45, 2.75) is 18.5 Å². The highest BCUT2D eigenvalue weighted by atomic mass is 35.5. The van der Waals surface area contributed by atoms with Crippen LogP contribution in [0.2, 0.25) is 5.15 Å². The number of hydrogen-bond acceptors (Lipinski definition) is 5. The van der Waals surface area contributed by atoms with Gasteiger partial charge in [0.1, 0.15) is 15.7 Å². The average Bonchev–Trinajstić information content (AvgIpc) is 2.97. The normalized spacial score (nSPS) is 11.0. The van der Waals surface area contributed by atoms with E-state index in [2.05, 4.69) is 22.3 Å². The first kappa shape index (κ1) is 15.6. The molecule has 0 aliphatic heterocycles. The van der Waals surface area contributed by atoms with E-state index in [9.17, 15) is 0 Å². The molecule has 114 valence electrons. The van der Waals surface area contributed by atoms with Crippen LogP contribution < -0.4 is 4.74 Å². The summed E-state index contributed by atoms with van der Waals surface area (Å²) in [5, 5.41) is 4.29. The molecule has 0 spiro atoms. The molecule has 0 unspecified atom stereocenters. The lowest BCUT2D eigenvalue weighted by molar-refractivity contribution is 0.415. The fourth-order valence-corrected chi connectivity index (χ4v) is 4.20. The second-order valence-corrected chi connectivity index (χ2v) is 6.98. The number of thiophene rings is 1. The van der Waals surface area contributed by atoms with Crippen LogP contribution in [0.15, 0.2) is 34.8 Å². The fraction of sp³-hybridized carbons (Fsp3) is 0.250. The van der Waals surface area contributed by atoms with Gasteiger partial charge in [-0.15, -0.1) is 11.3 Å². The maximum atomic E-state index is 6.41. The highest BCUT2D eigenvalue weighted by Gasteiger charge is 2.14. The van der Waals surface area contributed by atoms with Crippen molar-refractivity contribution in [2.75, 3.05) is 12.9 Å². The van der Waals surface area contributed by atoms with E-state index in [-0.39, 0.29) is 0 Å². The summed E-state index contributed by atoms with van der Waals surface area (Å²) in [6.45, 7) is 2.14. The molecule has 0 N–H and O–H groups in total. The Bertz CT molecular complexity index is 787. The number of hydrogen-bond donors (Lipinski definition) is 0. The Morgan fingerprint density at radius 2 is 2.00 bits per heavy atom. The van der Waals surface area contributed by atoms with Crippen molar-refractivity contribution >= 4 is 44.9 Å². The van der Waals surface area contributed by atoms with Gasteiger partial charge in [-0.1, -0.05) is 42.4 Å². The minimum absolute atomic E-state index is 0.524. The van der Waals surface area contributed by atoms with Crippen LogP contribution >= 0.6 is 34.7 Å². The maximum absolute atomic E-state index is 6.41. The summed E-state index contributed by atoms with van der Waals surface area (Å²) >= 11 is 9.66. The molecule has 22 heavy (non-hydrogen) atoms. The quantitative estimate of drug-likeness (QED) is 0.344. The van der Waals surface area contributed by atoms with Crippen LogP contribution in [-0.4, -0.2) is 22.8 Å². The lowest BCUT2D eigenvalue weighted by atomic mass is 10.1. The lowest BCUT2D eigenvalue weighted by Crippen LogP contribution is -1.89. The van der Waals surface area contributed by atoms with E-state index in [0.717, 1.165) is 44.4 Å². The highest BCUT2D eigenvalue weighted by molar-refractivity contribution is 7.99. The molecule has 3 rings (SSSR count). The molecular weight excluding hydrogens is 336 g/mol. The third-order valence-corrected chi connectivity index (χ3v) is 5.40. The first-order valence-electron chi connectivity index (χ1n) is 6.95. The summed E-state index contributed by atoms with van der Waals surface area (Å²) in [7, 11) is 1.66. The highest BCUT2D eigenvalue weighted by Crippen LogP contribution is 2.38. The summed E-state index contributed by atoms with van der Waals surface area (Å²) in [6.07, 6.45) is 1.09. The zero-order valence-electron chi connectivity index (χ0n) is 12.3. The Balaban J connectivity index is 2.03. The second-order valence-electron chi connectivity index (χ2n) is 4.70. The van der Waals surface area contributed by atoms with E-state index >= 15 is 0 Å². The van der Waals surface area contributed by atoms with Crippen molar-refractivity contribution in [3.05, 3.63) is 34.8 Å². The van der Waals surface area contributed by atoms with Gasteiger partial charge in [0.15, 0.2) is 5.16 Å². The Morgan fingerprint density at radius 3 is 2.68 bits per heavy atom. The smallest absolute Gasteiger partial charge is 0.190 e. The van der Waals surface area contributed by atoms with Gasteiger partial charge in [-0.2, -0.15) is 0 Å². The second kappa shape index (κ2) is 6.86. The number of aromatic nitrogens is 2. The Labute approximate surface area is 142 Å². The number of rotatable bonds is 5. The molecule has 0 saturated carbocycles. The third-order valence-electron chi connectivity index (χ3n) is 3.21. The van der Waals surface area contributed by atoms with Crippen molar-refractivity contribution in [3.8, 4) is 16.9 Å². The molecule has 0 saturated heterocycles. The van der Waals surface area contributed by atoms with E-state index < -0.39 is 0 Å². The van der Waals surface area contributed by atoms with Gasteiger partial charge in [0.2, 0.25) is 0 Å². The molecule has 0 bridgehead atoms. The number of nitrogens with zero attached hydrogens (tertiary/aromatic N) is 2. The molecule has 0 atom stereocenters. The number of fused-ring (bicyclic) bond motifs is 1. The van der Waals surface area contributed by atoms with Crippen LogP contribution in [0.4, 0.5) is 0 Å². The van der Waals surface area contributed by atoms with Gasteiger partial charge in [-0.3, -0.25) is 0 Å². The van der Waals surface area contributed by atoms with Crippen LogP contribution in [0, 0.1) is 0 Å². The third kappa shape index (κ3) is 3.07. The minimum Gasteiger partial charge on any atom is -0.497 e. The van der Waals surface area contributed by atoms with E-state index in [1.165, 1.54) is 0 Å². The summed E-state index contributed by atoms with van der Waals surface area (Å²) in [4.78, 5) is 9.98. The number of ether oxygens (including phenoxy) is 1. The van der Waals surface area contributed by atoms with Crippen LogP contribution in [0.5, 0.6) is 5.75 Å². The molecule has 0 amide bonds. The Morgan fingerprint density at radius 1 is 1.23 bits per heavy atom. The molecule has 0 aliphatic carbocycles. The van der Waals surface area contributed by atoms with E-state index in [1.807, 2.05) is 24.3 Å². The van der Waals surface area contributed by atoms with Gasteiger partial charge in [0, 0.05) is 16.7 Å². The molecule has 0 fully saturated rings. The number of thioether (sulfide) groups is 1. The summed E-state index contributed by atoms with van der Waals surface area (Å²) < 4.78 is 5.20. The molecule has 2 heterocycles. The lowest BCUT2D eigenvalue weighted by Gasteiger charge is -2.04. The van der Waals surface area contributed by atoms with Gasteiger partial charge in [-0.05, 0) is 24.1 Å². The van der Waals surface area contributed by atoms with Crippen molar-refractivity contribution in [2.24, 2.45) is 0 Å². The molecule has 1 aromatic carbocycles. The van der Waals surface area contributed by atoms with Gasteiger partial charge in [0.25, 0.3) is 0 Å². The van der Waals surface area contributed by atoms with E-state index in [1.54, 1.807) is 30.2 Å². The predicted octanol–water partition coefficient (Wildman–Crippen LogP) is 5.52. The van der Waals surface area contributed by atoms with Crippen LogP contribution in [0.25, 0.3) is 21.3 Å². The molecular formula is C16H15ClN2OS2. The van der Waals surface area contributed by atoms with E-state index in [0.29, 0.717) is 5.15 Å². The van der Waals surface area contributed by atoms with Crippen molar-refractivity contribution in [3.63, 3.8) is 0 Å². The summed E-state index contributed by atoms with van der Waals surface area (Å²) in [5.74, 6) is 1.84. The van der Waals surface area contributed by atoms with Crippen molar-refractivity contribution < 1.29 is 4.74 Å². The molecule has 3 nitrogen and oxygen atoms in total. The van der Waals surface area contributed by atoms with Crippen LogP contribution in [0.1, 0.15) is 13.3 Å². The number of methoxy groups -OCH3 is 1. The predicted molar refractivity (Wildman–Crippen MR) is 95.4 cm³/mol. The summed E-state index contributed by atoms with van der Waals surface area (Å²) in [6, 6.07) is 7.94.